The number of nitrogens with zero attached hydrogens (tertiary/aromatic N) is 2. The lowest BCUT2D eigenvalue weighted by Gasteiger charge is -2.21. The van der Waals surface area contributed by atoms with E-state index in [9.17, 15) is 14.4 Å². The molecule has 1 fully saturated rings. The lowest BCUT2D eigenvalue weighted by atomic mass is 9.92. The summed E-state index contributed by atoms with van der Waals surface area (Å²) in [7, 11) is 0. The molecule has 0 aromatic carbocycles. The third-order valence-corrected chi connectivity index (χ3v) is 4.05. The number of hydrogen-bond acceptors (Lipinski definition) is 6. The van der Waals surface area contributed by atoms with Crippen LogP contribution in [0.4, 0.5) is 10.6 Å². The van der Waals surface area contributed by atoms with Crippen molar-refractivity contribution in [2.45, 2.75) is 33.2 Å². The lowest BCUT2D eigenvalue weighted by molar-refractivity contribution is -0.133. The summed E-state index contributed by atoms with van der Waals surface area (Å²) in [5.74, 6) is 0.850. The van der Waals surface area contributed by atoms with E-state index in [-0.39, 0.29) is 5.82 Å². The Bertz CT molecular complexity index is 868. The standard InChI is InChI=1S/C16H18N4O5/c1-8-5-11(10(3)24-8)16(4)14(22)20(15(23)18-16)7-13(21)17-12-6-9(2)25-19-12/h5-6H,7H2,1-4H3,(H,18,23)(H,17,19,21). The molecule has 3 rings (SSSR count). The zero-order chi connectivity index (χ0) is 18.4. The Hall–Kier alpha value is -3.10. The molecule has 1 saturated heterocycles. The van der Waals surface area contributed by atoms with Crippen LogP contribution in [0, 0.1) is 20.8 Å². The zero-order valence-corrected chi connectivity index (χ0v) is 14.3. The van der Waals surface area contributed by atoms with E-state index in [0.29, 0.717) is 22.8 Å². The first-order chi connectivity index (χ1) is 11.7. The van der Waals surface area contributed by atoms with E-state index in [1.807, 2.05) is 0 Å². The molecule has 0 saturated carbocycles. The fourth-order valence-electron chi connectivity index (χ4n) is 2.90. The Balaban J connectivity index is 1.77. The number of amides is 4. The van der Waals surface area contributed by atoms with Gasteiger partial charge in [-0.2, -0.15) is 0 Å². The van der Waals surface area contributed by atoms with Gasteiger partial charge in [-0.25, -0.2) is 4.79 Å². The van der Waals surface area contributed by atoms with Gasteiger partial charge in [-0.1, -0.05) is 5.16 Å². The number of aryl methyl sites for hydroxylation is 3. The minimum absolute atomic E-state index is 0.221. The van der Waals surface area contributed by atoms with Crippen molar-refractivity contribution in [2.75, 3.05) is 11.9 Å². The van der Waals surface area contributed by atoms with Crippen LogP contribution in [0.25, 0.3) is 0 Å². The number of furan rings is 1. The number of rotatable bonds is 4. The largest absolute Gasteiger partial charge is 0.466 e. The number of carbonyl (C=O) groups excluding carboxylic acids is 3. The number of carbonyl (C=O) groups is 3. The van der Waals surface area contributed by atoms with Gasteiger partial charge in [0.05, 0.1) is 0 Å². The maximum absolute atomic E-state index is 12.8. The molecule has 0 bridgehead atoms. The molecule has 9 nitrogen and oxygen atoms in total. The van der Waals surface area contributed by atoms with Gasteiger partial charge in [0.2, 0.25) is 5.91 Å². The quantitative estimate of drug-likeness (QED) is 0.812. The highest BCUT2D eigenvalue weighted by Gasteiger charge is 2.51. The maximum Gasteiger partial charge on any atom is 0.325 e. The van der Waals surface area contributed by atoms with Crippen molar-refractivity contribution in [3.8, 4) is 0 Å². The molecule has 2 N–H and O–H groups in total. The number of imide groups is 1. The van der Waals surface area contributed by atoms with Crippen molar-refractivity contribution in [1.29, 1.82) is 0 Å². The Morgan fingerprint density at radius 1 is 1.28 bits per heavy atom. The SMILES string of the molecule is Cc1cc(NC(=O)CN2C(=O)NC(C)(c3cc(C)oc3C)C2=O)no1. The van der Waals surface area contributed by atoms with E-state index in [1.165, 1.54) is 6.07 Å². The van der Waals surface area contributed by atoms with Crippen molar-refractivity contribution >= 4 is 23.7 Å². The molecular formula is C16H18N4O5. The van der Waals surface area contributed by atoms with Crippen molar-refractivity contribution in [3.63, 3.8) is 0 Å². The van der Waals surface area contributed by atoms with E-state index in [2.05, 4.69) is 15.8 Å². The van der Waals surface area contributed by atoms with E-state index >= 15 is 0 Å². The average Bonchev–Trinajstić information content (AvgIpc) is 3.14. The average molecular weight is 346 g/mol. The van der Waals surface area contributed by atoms with Crippen LogP contribution in [0.15, 0.2) is 21.1 Å². The molecule has 9 heteroatoms. The van der Waals surface area contributed by atoms with E-state index in [4.69, 9.17) is 8.94 Å². The molecule has 4 amide bonds. The molecule has 1 unspecified atom stereocenters. The van der Waals surface area contributed by atoms with Crippen LogP contribution in [0.5, 0.6) is 0 Å². The van der Waals surface area contributed by atoms with Crippen LogP contribution < -0.4 is 10.6 Å². The van der Waals surface area contributed by atoms with Gasteiger partial charge in [-0.05, 0) is 33.8 Å². The molecule has 1 aliphatic rings. The monoisotopic (exact) mass is 346 g/mol. The second-order valence-corrected chi connectivity index (χ2v) is 6.14. The summed E-state index contributed by atoms with van der Waals surface area (Å²) in [6, 6.07) is 2.60. The van der Waals surface area contributed by atoms with Gasteiger partial charge >= 0.3 is 6.03 Å². The van der Waals surface area contributed by atoms with Crippen molar-refractivity contribution in [2.24, 2.45) is 0 Å². The van der Waals surface area contributed by atoms with Gasteiger partial charge in [0.15, 0.2) is 5.82 Å². The third kappa shape index (κ3) is 2.88. The third-order valence-electron chi connectivity index (χ3n) is 4.05. The first-order valence-electron chi connectivity index (χ1n) is 7.65. The Morgan fingerprint density at radius 2 is 2.00 bits per heavy atom. The molecule has 25 heavy (non-hydrogen) atoms. The number of nitrogens with one attached hydrogen (secondary N) is 2. The van der Waals surface area contributed by atoms with Crippen molar-refractivity contribution < 1.29 is 23.3 Å². The minimum atomic E-state index is -1.27. The zero-order valence-electron chi connectivity index (χ0n) is 14.3. The molecule has 2 aromatic heterocycles. The van der Waals surface area contributed by atoms with E-state index in [1.54, 1.807) is 33.8 Å². The Kier molecular flexibility index (Phi) is 3.86. The summed E-state index contributed by atoms with van der Waals surface area (Å²) in [4.78, 5) is 38.0. The maximum atomic E-state index is 12.8. The molecule has 3 heterocycles. The number of hydrogen-bond donors (Lipinski definition) is 2. The predicted octanol–water partition coefficient (Wildman–Crippen LogP) is 1.60. The first-order valence-corrected chi connectivity index (χ1v) is 7.65. The van der Waals surface area contributed by atoms with E-state index < -0.39 is 29.9 Å². The molecule has 1 aliphatic heterocycles. The highest BCUT2D eigenvalue weighted by Crippen LogP contribution is 2.32. The molecule has 1 atom stereocenters. The summed E-state index contributed by atoms with van der Waals surface area (Å²) in [6.45, 7) is 6.31. The summed E-state index contributed by atoms with van der Waals surface area (Å²) >= 11 is 0. The summed E-state index contributed by atoms with van der Waals surface area (Å²) < 4.78 is 10.3. The molecule has 132 valence electrons. The van der Waals surface area contributed by atoms with Crippen LogP contribution >= 0.6 is 0 Å². The molecule has 0 spiro atoms. The van der Waals surface area contributed by atoms with Gasteiger partial charge in [-0.3, -0.25) is 14.5 Å². The van der Waals surface area contributed by atoms with E-state index in [0.717, 1.165) is 4.90 Å². The van der Waals surface area contributed by atoms with Gasteiger partial charge in [0, 0.05) is 11.6 Å². The molecule has 0 radical (unpaired) electrons. The van der Waals surface area contributed by atoms with Crippen molar-refractivity contribution in [1.82, 2.24) is 15.4 Å². The Morgan fingerprint density at radius 3 is 2.56 bits per heavy atom. The number of aromatic nitrogens is 1. The van der Waals surface area contributed by atoms with Crippen LogP contribution in [-0.2, 0) is 15.1 Å². The van der Waals surface area contributed by atoms with Gasteiger partial charge in [0.25, 0.3) is 5.91 Å². The predicted molar refractivity (Wildman–Crippen MR) is 85.6 cm³/mol. The van der Waals surface area contributed by atoms with Crippen molar-refractivity contribution in [3.05, 3.63) is 35.0 Å². The first kappa shape index (κ1) is 16.7. The normalized spacial score (nSPS) is 20.1. The van der Waals surface area contributed by atoms with Crippen LogP contribution in [-0.4, -0.2) is 34.4 Å². The van der Waals surface area contributed by atoms with Crippen LogP contribution in [0.1, 0.15) is 29.8 Å². The smallest absolute Gasteiger partial charge is 0.325 e. The Labute approximate surface area is 143 Å². The van der Waals surface area contributed by atoms with Gasteiger partial charge in [0.1, 0.15) is 29.4 Å². The second kappa shape index (κ2) is 5.76. The summed E-state index contributed by atoms with van der Waals surface area (Å²) in [6.07, 6.45) is 0. The van der Waals surface area contributed by atoms with Crippen LogP contribution in [0.3, 0.4) is 0 Å². The highest BCUT2D eigenvalue weighted by molar-refractivity contribution is 6.10. The summed E-state index contributed by atoms with van der Waals surface area (Å²) in [5, 5.41) is 8.75. The number of anilines is 1. The van der Waals surface area contributed by atoms with Gasteiger partial charge < -0.3 is 19.6 Å². The fourth-order valence-corrected chi connectivity index (χ4v) is 2.90. The second-order valence-electron chi connectivity index (χ2n) is 6.14. The minimum Gasteiger partial charge on any atom is -0.466 e. The molecule has 0 aliphatic carbocycles. The highest BCUT2D eigenvalue weighted by atomic mass is 16.5. The van der Waals surface area contributed by atoms with Crippen LogP contribution in [0.2, 0.25) is 0 Å². The number of urea groups is 1. The summed E-state index contributed by atoms with van der Waals surface area (Å²) in [5.41, 5.74) is -0.706. The lowest BCUT2D eigenvalue weighted by Crippen LogP contribution is -2.42. The molecular weight excluding hydrogens is 328 g/mol. The fraction of sp³-hybridized carbons (Fsp3) is 0.375. The van der Waals surface area contributed by atoms with Gasteiger partial charge in [-0.15, -0.1) is 0 Å². The topological polar surface area (TPSA) is 118 Å². The molecule has 2 aromatic rings.